The van der Waals surface area contributed by atoms with Gasteiger partial charge in [-0.2, -0.15) is 0 Å². The second kappa shape index (κ2) is 7.69. The lowest BCUT2D eigenvalue weighted by Gasteiger charge is -2.28. The van der Waals surface area contributed by atoms with Crippen molar-refractivity contribution >= 4 is 17.5 Å². The number of carbonyl (C=O) groups excluding carboxylic acids is 1. The van der Waals surface area contributed by atoms with E-state index in [1.54, 1.807) is 0 Å². The summed E-state index contributed by atoms with van der Waals surface area (Å²) in [6.45, 7) is 8.66. The topological polar surface area (TPSA) is 41.4 Å². The first-order chi connectivity index (χ1) is 14.4. The van der Waals surface area contributed by atoms with E-state index in [0.29, 0.717) is 11.9 Å². The molecule has 6 heteroatoms. The van der Waals surface area contributed by atoms with E-state index in [1.165, 1.54) is 18.4 Å². The van der Waals surface area contributed by atoms with Crippen LogP contribution in [0.4, 0.5) is 0 Å². The number of hydrogen-bond acceptors (Lipinski definition) is 3. The van der Waals surface area contributed by atoms with Crippen LogP contribution in [0.25, 0.3) is 0 Å². The van der Waals surface area contributed by atoms with E-state index in [-0.39, 0.29) is 11.3 Å². The van der Waals surface area contributed by atoms with Gasteiger partial charge >= 0.3 is 0 Å². The summed E-state index contributed by atoms with van der Waals surface area (Å²) in [5.41, 5.74) is 1.93. The molecule has 3 fully saturated rings. The molecular weight excluding hydrogens is 396 g/mol. The zero-order valence-electron chi connectivity index (χ0n) is 17.9. The van der Waals surface area contributed by atoms with Crippen LogP contribution in [0.15, 0.2) is 36.8 Å². The Balaban J connectivity index is 1.43. The van der Waals surface area contributed by atoms with Gasteiger partial charge < -0.3 is 9.47 Å². The molecule has 5 rings (SSSR count). The van der Waals surface area contributed by atoms with Gasteiger partial charge in [-0.15, -0.1) is 0 Å². The maximum atomic E-state index is 13.7. The minimum Gasteiger partial charge on any atom is -0.342 e. The quantitative estimate of drug-likeness (QED) is 0.689. The second-order valence-electron chi connectivity index (χ2n) is 9.79. The van der Waals surface area contributed by atoms with Crippen LogP contribution >= 0.6 is 11.6 Å². The average Bonchev–Trinajstić information content (AvgIpc) is 3.13. The van der Waals surface area contributed by atoms with Crippen LogP contribution in [-0.4, -0.2) is 51.4 Å². The Morgan fingerprint density at radius 1 is 1.30 bits per heavy atom. The number of nitrogens with zero attached hydrogens (tertiary/aromatic N) is 4. The summed E-state index contributed by atoms with van der Waals surface area (Å²) in [6, 6.07) is 8.44. The van der Waals surface area contributed by atoms with Gasteiger partial charge in [0, 0.05) is 55.9 Å². The lowest BCUT2D eigenvalue weighted by molar-refractivity contribution is -0.136. The van der Waals surface area contributed by atoms with Crippen molar-refractivity contribution in [1.29, 1.82) is 0 Å². The maximum absolute atomic E-state index is 13.7. The molecule has 2 atom stereocenters. The fraction of sp³-hybridized carbons (Fsp3) is 0.583. The van der Waals surface area contributed by atoms with Gasteiger partial charge in [-0.1, -0.05) is 23.7 Å². The summed E-state index contributed by atoms with van der Waals surface area (Å²) in [4.78, 5) is 23.1. The molecule has 1 saturated carbocycles. The van der Waals surface area contributed by atoms with Gasteiger partial charge in [-0.3, -0.25) is 9.69 Å². The highest BCUT2D eigenvalue weighted by Crippen LogP contribution is 2.50. The molecule has 0 bridgehead atoms. The van der Waals surface area contributed by atoms with Gasteiger partial charge in [0.25, 0.3) is 0 Å². The SMILES string of the molecule is CC(C)n1cnc([C@@H]2CN(Cc3cccc(Cl)c3)C[C@]23CCN(CC2CC2)C3=O)c1. The van der Waals surface area contributed by atoms with Crippen LogP contribution in [0.3, 0.4) is 0 Å². The smallest absolute Gasteiger partial charge is 0.230 e. The van der Waals surface area contributed by atoms with E-state index < -0.39 is 0 Å². The summed E-state index contributed by atoms with van der Waals surface area (Å²) in [5, 5.41) is 0.765. The Bertz CT molecular complexity index is 937. The molecule has 2 saturated heterocycles. The van der Waals surface area contributed by atoms with Gasteiger partial charge in [0.1, 0.15) is 0 Å². The monoisotopic (exact) mass is 426 g/mol. The largest absolute Gasteiger partial charge is 0.342 e. The number of benzene rings is 1. The van der Waals surface area contributed by atoms with Crippen LogP contribution in [0.2, 0.25) is 5.02 Å². The molecule has 1 spiro atoms. The summed E-state index contributed by atoms with van der Waals surface area (Å²) >= 11 is 6.21. The standard InChI is InChI=1S/C24H31ClN4O/c1-17(2)29-14-22(26-16-29)21-13-27(11-19-4-3-5-20(25)10-19)15-24(21)8-9-28(23(24)30)12-18-6-7-18/h3-5,10,14,16-18,21H,6-9,11-13,15H2,1-2H3/t21-,24+/m0/s1. The fourth-order valence-corrected chi connectivity index (χ4v) is 5.54. The summed E-state index contributed by atoms with van der Waals surface area (Å²) in [5.74, 6) is 1.23. The van der Waals surface area contributed by atoms with Crippen molar-refractivity contribution in [1.82, 2.24) is 19.4 Å². The lowest BCUT2D eigenvalue weighted by Crippen LogP contribution is -2.40. The molecule has 160 valence electrons. The molecule has 3 heterocycles. The van der Waals surface area contributed by atoms with Gasteiger partial charge in [-0.05, 0) is 56.7 Å². The number of imidazole rings is 1. The average molecular weight is 427 g/mol. The molecule has 2 aromatic rings. The van der Waals surface area contributed by atoms with Crippen molar-refractivity contribution in [2.45, 2.75) is 51.6 Å². The zero-order chi connectivity index (χ0) is 20.9. The van der Waals surface area contributed by atoms with E-state index in [4.69, 9.17) is 16.6 Å². The number of carbonyl (C=O) groups is 1. The molecule has 30 heavy (non-hydrogen) atoms. The molecular formula is C24H31ClN4O. The Hall–Kier alpha value is -1.85. The van der Waals surface area contributed by atoms with Crippen molar-refractivity contribution in [3.8, 4) is 0 Å². The first-order valence-electron chi connectivity index (χ1n) is 11.2. The summed E-state index contributed by atoms with van der Waals surface area (Å²) in [7, 11) is 0. The van der Waals surface area contributed by atoms with Crippen molar-refractivity contribution in [3.63, 3.8) is 0 Å². The number of rotatable bonds is 6. The molecule has 0 unspecified atom stereocenters. The Morgan fingerprint density at radius 3 is 2.83 bits per heavy atom. The maximum Gasteiger partial charge on any atom is 0.230 e. The summed E-state index contributed by atoms with van der Waals surface area (Å²) < 4.78 is 2.16. The second-order valence-corrected chi connectivity index (χ2v) is 10.2. The predicted octanol–water partition coefficient (Wildman–Crippen LogP) is 4.35. The normalized spacial score (nSPS) is 27.1. The number of hydrogen-bond donors (Lipinski definition) is 0. The third-order valence-corrected chi connectivity index (χ3v) is 7.44. The minimum absolute atomic E-state index is 0.147. The number of halogens is 1. The Morgan fingerprint density at radius 2 is 2.13 bits per heavy atom. The summed E-state index contributed by atoms with van der Waals surface area (Å²) in [6.07, 6.45) is 7.58. The van der Waals surface area contributed by atoms with Crippen LogP contribution in [-0.2, 0) is 11.3 Å². The van der Waals surface area contributed by atoms with E-state index in [2.05, 4.69) is 40.5 Å². The van der Waals surface area contributed by atoms with E-state index >= 15 is 0 Å². The number of likely N-dealkylation sites (tertiary alicyclic amines) is 2. The molecule has 1 amide bonds. The molecule has 5 nitrogen and oxygen atoms in total. The van der Waals surface area contributed by atoms with Crippen LogP contribution in [0.1, 0.15) is 56.3 Å². The van der Waals surface area contributed by atoms with Crippen LogP contribution in [0.5, 0.6) is 0 Å². The third-order valence-electron chi connectivity index (χ3n) is 7.20. The highest BCUT2D eigenvalue weighted by atomic mass is 35.5. The zero-order valence-corrected chi connectivity index (χ0v) is 18.7. The van der Waals surface area contributed by atoms with Crippen molar-refractivity contribution in [3.05, 3.63) is 53.1 Å². The van der Waals surface area contributed by atoms with Crippen LogP contribution < -0.4 is 0 Å². The molecule has 3 aliphatic rings. The van der Waals surface area contributed by atoms with Gasteiger partial charge in [0.15, 0.2) is 0 Å². The lowest BCUT2D eigenvalue weighted by atomic mass is 9.75. The predicted molar refractivity (Wildman–Crippen MR) is 118 cm³/mol. The molecule has 1 aromatic heterocycles. The Labute approximate surface area is 184 Å². The van der Waals surface area contributed by atoms with Crippen molar-refractivity contribution in [2.24, 2.45) is 11.3 Å². The van der Waals surface area contributed by atoms with Crippen LogP contribution in [0, 0.1) is 11.3 Å². The van der Waals surface area contributed by atoms with Crippen molar-refractivity contribution in [2.75, 3.05) is 26.2 Å². The first-order valence-corrected chi connectivity index (χ1v) is 11.6. The van der Waals surface area contributed by atoms with Gasteiger partial charge in [-0.25, -0.2) is 4.98 Å². The number of aromatic nitrogens is 2. The Kier molecular flexibility index (Phi) is 5.14. The highest BCUT2D eigenvalue weighted by molar-refractivity contribution is 6.30. The number of amides is 1. The minimum atomic E-state index is -0.344. The van der Waals surface area contributed by atoms with E-state index in [1.807, 2.05) is 24.5 Å². The van der Waals surface area contributed by atoms with E-state index in [0.717, 1.165) is 55.8 Å². The molecule has 1 aliphatic carbocycles. The first kappa shape index (κ1) is 20.1. The molecule has 0 N–H and O–H groups in total. The van der Waals surface area contributed by atoms with E-state index in [9.17, 15) is 4.79 Å². The molecule has 2 aliphatic heterocycles. The highest BCUT2D eigenvalue weighted by Gasteiger charge is 2.58. The third kappa shape index (κ3) is 3.67. The molecule has 0 radical (unpaired) electrons. The van der Waals surface area contributed by atoms with Crippen molar-refractivity contribution < 1.29 is 4.79 Å². The molecule has 1 aromatic carbocycles. The fourth-order valence-electron chi connectivity index (χ4n) is 5.33. The van der Waals surface area contributed by atoms with Gasteiger partial charge in [0.2, 0.25) is 5.91 Å². The van der Waals surface area contributed by atoms with Gasteiger partial charge in [0.05, 0.1) is 17.4 Å².